The standard InChI is InChI=1S/C7H12BrIN3OP/c1-3-7(13,4-2)5-10-11-6(8)12(5)14-9/h13-14H,3-4H2,1-2H3. The van der Waals surface area contributed by atoms with Crippen molar-refractivity contribution in [3.63, 3.8) is 0 Å². The lowest BCUT2D eigenvalue weighted by Crippen LogP contribution is -2.26. The van der Waals surface area contributed by atoms with Crippen molar-refractivity contribution < 1.29 is 5.11 Å². The van der Waals surface area contributed by atoms with Gasteiger partial charge in [0.05, 0.1) is 6.37 Å². The predicted molar refractivity (Wildman–Crippen MR) is 69.9 cm³/mol. The zero-order valence-corrected chi connectivity index (χ0v) is 12.7. The number of hydrogen-bond donors (Lipinski definition) is 1. The van der Waals surface area contributed by atoms with Crippen molar-refractivity contribution in [2.45, 2.75) is 32.3 Å². The number of hydrogen-bond acceptors (Lipinski definition) is 3. The van der Waals surface area contributed by atoms with Gasteiger partial charge in [0.25, 0.3) is 0 Å². The molecule has 1 heterocycles. The Balaban J connectivity index is 3.16. The van der Waals surface area contributed by atoms with Gasteiger partial charge in [0.15, 0.2) is 5.82 Å². The molecular formula is C7H12BrIN3OP. The van der Waals surface area contributed by atoms with Gasteiger partial charge in [0, 0.05) is 0 Å². The van der Waals surface area contributed by atoms with Crippen LogP contribution in [0.2, 0.25) is 0 Å². The number of aromatic nitrogens is 3. The summed E-state index contributed by atoms with van der Waals surface area (Å²) in [6.07, 6.45) is 1.78. The van der Waals surface area contributed by atoms with Gasteiger partial charge in [-0.2, -0.15) is 0 Å². The van der Waals surface area contributed by atoms with Gasteiger partial charge in [0.1, 0.15) is 5.60 Å². The lowest BCUT2D eigenvalue weighted by molar-refractivity contribution is 0.0186. The molecule has 1 atom stereocenters. The van der Waals surface area contributed by atoms with Gasteiger partial charge in [-0.25, -0.2) is 0 Å². The molecule has 0 bridgehead atoms. The van der Waals surface area contributed by atoms with Gasteiger partial charge in [-0.1, -0.05) is 13.8 Å². The molecule has 0 spiro atoms. The summed E-state index contributed by atoms with van der Waals surface area (Å²) in [4.78, 5) is 0. The van der Waals surface area contributed by atoms with Gasteiger partial charge < -0.3 is 5.11 Å². The van der Waals surface area contributed by atoms with E-state index in [0.29, 0.717) is 29.8 Å². The van der Waals surface area contributed by atoms with E-state index in [0.717, 1.165) is 0 Å². The summed E-state index contributed by atoms with van der Waals surface area (Å²) >= 11 is 5.55. The summed E-state index contributed by atoms with van der Waals surface area (Å²) < 4.78 is 2.58. The first-order chi connectivity index (χ1) is 6.59. The molecule has 0 fully saturated rings. The van der Waals surface area contributed by atoms with E-state index in [9.17, 15) is 5.11 Å². The minimum absolute atomic E-state index is 0.487. The van der Waals surface area contributed by atoms with E-state index in [2.05, 4.69) is 48.2 Å². The second-order valence-electron chi connectivity index (χ2n) is 2.95. The van der Waals surface area contributed by atoms with Crippen molar-refractivity contribution in [2.75, 3.05) is 0 Å². The van der Waals surface area contributed by atoms with Gasteiger partial charge >= 0.3 is 0 Å². The number of halogens is 2. The predicted octanol–water partition coefficient (Wildman–Crippen LogP) is 2.84. The van der Waals surface area contributed by atoms with Gasteiger partial charge in [-0.15, -0.1) is 10.2 Å². The molecule has 1 unspecified atom stereocenters. The van der Waals surface area contributed by atoms with Crippen LogP contribution in [-0.2, 0) is 5.60 Å². The molecule has 0 saturated heterocycles. The fourth-order valence-electron chi connectivity index (χ4n) is 1.21. The van der Waals surface area contributed by atoms with E-state index in [1.54, 1.807) is 0 Å². The zero-order valence-electron chi connectivity index (χ0n) is 7.96. The van der Waals surface area contributed by atoms with Crippen molar-refractivity contribution in [1.29, 1.82) is 0 Å². The fourth-order valence-corrected chi connectivity index (χ4v) is 4.53. The van der Waals surface area contributed by atoms with Crippen LogP contribution in [0, 0.1) is 0 Å². The average Bonchev–Trinajstić information content (AvgIpc) is 2.58. The van der Waals surface area contributed by atoms with Gasteiger partial charge in [-0.3, -0.25) is 4.34 Å². The molecule has 0 amide bonds. The fraction of sp³-hybridized carbons (Fsp3) is 0.714. The van der Waals surface area contributed by atoms with Crippen molar-refractivity contribution in [3.05, 3.63) is 10.6 Å². The molecule has 7 heteroatoms. The highest BCUT2D eigenvalue weighted by atomic mass is 127. The Morgan fingerprint density at radius 3 is 2.50 bits per heavy atom. The molecule has 1 aromatic heterocycles. The molecule has 1 rings (SSSR count). The van der Waals surface area contributed by atoms with Crippen LogP contribution in [0.3, 0.4) is 0 Å². The lowest BCUT2D eigenvalue weighted by atomic mass is 9.97. The molecule has 14 heavy (non-hydrogen) atoms. The van der Waals surface area contributed by atoms with E-state index in [1.165, 1.54) is 0 Å². The Morgan fingerprint density at radius 1 is 1.50 bits per heavy atom. The molecule has 1 N–H and O–H groups in total. The van der Waals surface area contributed by atoms with Gasteiger partial charge in [-0.05, 0) is 50.8 Å². The Bertz CT molecular complexity index is 316. The number of rotatable bonds is 4. The normalized spacial score (nSPS) is 12.9. The van der Waals surface area contributed by atoms with Crippen LogP contribution in [0.4, 0.5) is 0 Å². The van der Waals surface area contributed by atoms with Crippen molar-refractivity contribution in [3.8, 4) is 0 Å². The second kappa shape index (κ2) is 5.18. The van der Waals surface area contributed by atoms with Crippen LogP contribution in [0.25, 0.3) is 0 Å². The molecule has 0 aliphatic rings. The SMILES string of the molecule is CCC(O)(CC)c1nnc(Br)n1PI. The Morgan fingerprint density at radius 2 is 2.07 bits per heavy atom. The topological polar surface area (TPSA) is 50.9 Å². The summed E-state index contributed by atoms with van der Waals surface area (Å²) in [6.45, 7) is 3.90. The largest absolute Gasteiger partial charge is 0.382 e. The van der Waals surface area contributed by atoms with Crippen molar-refractivity contribution >= 4 is 44.3 Å². The van der Waals surface area contributed by atoms with Crippen LogP contribution in [0.15, 0.2) is 4.73 Å². The third-order valence-corrected chi connectivity index (χ3v) is 5.17. The molecule has 0 radical (unpaired) electrons. The minimum atomic E-state index is -0.850. The summed E-state index contributed by atoms with van der Waals surface area (Å²) in [5.41, 5.74) is -0.850. The summed E-state index contributed by atoms with van der Waals surface area (Å²) in [5.74, 6) is 0.655. The minimum Gasteiger partial charge on any atom is -0.382 e. The molecule has 0 aliphatic carbocycles. The molecule has 0 aliphatic heterocycles. The van der Waals surface area contributed by atoms with E-state index in [4.69, 9.17) is 0 Å². The molecule has 4 nitrogen and oxygen atoms in total. The van der Waals surface area contributed by atoms with Crippen LogP contribution in [-0.4, -0.2) is 19.6 Å². The number of aliphatic hydroxyl groups is 1. The maximum atomic E-state index is 10.3. The highest BCUT2D eigenvalue weighted by Crippen LogP contribution is 2.36. The quantitative estimate of drug-likeness (QED) is 0.634. The van der Waals surface area contributed by atoms with E-state index >= 15 is 0 Å². The van der Waals surface area contributed by atoms with Crippen LogP contribution < -0.4 is 0 Å². The third-order valence-electron chi connectivity index (χ3n) is 2.29. The summed E-state index contributed by atoms with van der Waals surface area (Å²) in [6, 6.07) is 0. The first-order valence-corrected chi connectivity index (χ1v) is 9.15. The van der Waals surface area contributed by atoms with E-state index in [1.807, 2.05) is 18.2 Å². The van der Waals surface area contributed by atoms with Gasteiger partial charge in [0.2, 0.25) is 4.73 Å². The molecule has 0 saturated carbocycles. The second-order valence-corrected chi connectivity index (χ2v) is 5.72. The van der Waals surface area contributed by atoms with Crippen LogP contribution in [0.1, 0.15) is 32.5 Å². The summed E-state index contributed by atoms with van der Waals surface area (Å²) in [5, 5.41) is 18.2. The first-order valence-electron chi connectivity index (χ1n) is 4.29. The monoisotopic (exact) mass is 391 g/mol. The summed E-state index contributed by atoms with van der Waals surface area (Å²) in [7, 11) is 0. The van der Waals surface area contributed by atoms with Crippen molar-refractivity contribution in [2.24, 2.45) is 0 Å². The highest BCUT2D eigenvalue weighted by Gasteiger charge is 2.31. The molecule has 1 aromatic rings. The first kappa shape index (κ1) is 12.8. The van der Waals surface area contributed by atoms with E-state index in [-0.39, 0.29) is 0 Å². The van der Waals surface area contributed by atoms with Crippen LogP contribution >= 0.6 is 44.3 Å². The lowest BCUT2D eigenvalue weighted by Gasteiger charge is -2.23. The molecular weight excluding hydrogens is 380 g/mol. The maximum absolute atomic E-state index is 10.3. The average molecular weight is 392 g/mol. The zero-order chi connectivity index (χ0) is 10.8. The molecule has 80 valence electrons. The number of nitrogens with zero attached hydrogens (tertiary/aromatic N) is 3. The highest BCUT2D eigenvalue weighted by molar-refractivity contribution is 14.2. The Kier molecular flexibility index (Phi) is 4.74. The maximum Gasteiger partial charge on any atom is 0.203 e. The van der Waals surface area contributed by atoms with E-state index < -0.39 is 5.60 Å². The Labute approximate surface area is 106 Å². The Hall–Kier alpha value is 0.740. The smallest absolute Gasteiger partial charge is 0.203 e. The van der Waals surface area contributed by atoms with Crippen molar-refractivity contribution in [1.82, 2.24) is 14.5 Å². The molecule has 0 aromatic carbocycles. The van der Waals surface area contributed by atoms with Crippen LogP contribution in [0.5, 0.6) is 0 Å². The third kappa shape index (κ3) is 2.28.